The first-order chi connectivity index (χ1) is 16.3. The van der Waals surface area contributed by atoms with Crippen molar-refractivity contribution < 1.29 is 32.0 Å². The summed E-state index contributed by atoms with van der Waals surface area (Å²) in [4.78, 5) is 35.4. The smallest absolute Gasteiger partial charge is 0.331 e. The highest BCUT2D eigenvalue weighted by Gasteiger charge is 2.24. The van der Waals surface area contributed by atoms with Crippen molar-refractivity contribution in [3.8, 4) is 0 Å². The van der Waals surface area contributed by atoms with Crippen molar-refractivity contribution in [1.29, 1.82) is 0 Å². The van der Waals surface area contributed by atoms with E-state index in [9.17, 15) is 22.8 Å². The summed E-state index contributed by atoms with van der Waals surface area (Å²) in [7, 11) is -3.54. The average molecular weight is 490 g/mol. The molecule has 0 aliphatic carbocycles. The number of imide groups is 1. The number of benzene rings is 1. The van der Waals surface area contributed by atoms with Crippen molar-refractivity contribution in [2.75, 3.05) is 19.7 Å². The highest BCUT2D eigenvalue weighted by molar-refractivity contribution is 7.89. The van der Waals surface area contributed by atoms with Gasteiger partial charge in [-0.25, -0.2) is 18.0 Å². The van der Waals surface area contributed by atoms with E-state index < -0.39 is 34.5 Å². The van der Waals surface area contributed by atoms with Gasteiger partial charge >= 0.3 is 12.0 Å². The van der Waals surface area contributed by atoms with Crippen molar-refractivity contribution >= 4 is 34.0 Å². The van der Waals surface area contributed by atoms with Crippen LogP contribution in [0.15, 0.2) is 58.1 Å². The lowest BCUT2D eigenvalue weighted by atomic mass is 10.2. The molecule has 0 saturated carbocycles. The van der Waals surface area contributed by atoms with Crippen molar-refractivity contribution in [2.45, 2.75) is 37.1 Å². The van der Waals surface area contributed by atoms with Crippen molar-refractivity contribution in [3.63, 3.8) is 0 Å². The Kier molecular flexibility index (Phi) is 9.00. The van der Waals surface area contributed by atoms with Crippen LogP contribution in [0.1, 0.15) is 37.0 Å². The van der Waals surface area contributed by atoms with E-state index in [1.54, 1.807) is 24.3 Å². The molecule has 10 nitrogen and oxygen atoms in total. The maximum absolute atomic E-state index is 12.8. The van der Waals surface area contributed by atoms with E-state index in [-0.39, 0.29) is 11.4 Å². The number of carbonyl (C=O) groups excluding carboxylic acids is 3. The van der Waals surface area contributed by atoms with Gasteiger partial charge in [-0.1, -0.05) is 25.0 Å². The second-order valence-electron chi connectivity index (χ2n) is 7.64. The molecule has 0 radical (unpaired) electrons. The van der Waals surface area contributed by atoms with E-state index in [2.05, 4.69) is 5.32 Å². The molecule has 1 aromatic carbocycles. The van der Waals surface area contributed by atoms with Gasteiger partial charge in [-0.3, -0.25) is 10.1 Å². The fraction of sp³-hybridized carbons (Fsp3) is 0.348. The Labute approximate surface area is 198 Å². The van der Waals surface area contributed by atoms with Gasteiger partial charge in [0.15, 0.2) is 6.61 Å². The number of esters is 1. The van der Waals surface area contributed by atoms with Gasteiger partial charge < -0.3 is 14.5 Å². The minimum absolute atomic E-state index is 0.104. The number of furan rings is 1. The van der Waals surface area contributed by atoms with Gasteiger partial charge in [-0.05, 0) is 48.7 Å². The monoisotopic (exact) mass is 489 g/mol. The van der Waals surface area contributed by atoms with Crippen molar-refractivity contribution in [1.82, 2.24) is 14.9 Å². The van der Waals surface area contributed by atoms with Crippen LogP contribution in [-0.4, -0.2) is 50.3 Å². The second-order valence-corrected chi connectivity index (χ2v) is 9.58. The van der Waals surface area contributed by atoms with E-state index in [0.717, 1.165) is 31.8 Å². The summed E-state index contributed by atoms with van der Waals surface area (Å²) in [6.07, 6.45) is 7.80. The molecular formula is C23H27N3O7S. The Bertz CT molecular complexity index is 1100. The predicted molar refractivity (Wildman–Crippen MR) is 123 cm³/mol. The Morgan fingerprint density at radius 1 is 1.03 bits per heavy atom. The zero-order valence-corrected chi connectivity index (χ0v) is 19.4. The molecule has 0 bridgehead atoms. The van der Waals surface area contributed by atoms with Gasteiger partial charge in [0, 0.05) is 19.2 Å². The molecule has 3 rings (SSSR count). The highest BCUT2D eigenvalue weighted by atomic mass is 32.2. The molecule has 2 heterocycles. The van der Waals surface area contributed by atoms with Crippen LogP contribution in [0.4, 0.5) is 4.79 Å². The summed E-state index contributed by atoms with van der Waals surface area (Å²) in [5.74, 6) is -1.05. The molecule has 1 aliphatic rings. The molecule has 34 heavy (non-hydrogen) atoms. The third-order valence-electron chi connectivity index (χ3n) is 5.10. The number of carbonyl (C=O) groups is 3. The summed E-state index contributed by atoms with van der Waals surface area (Å²) >= 11 is 0. The van der Waals surface area contributed by atoms with E-state index in [1.807, 2.05) is 5.32 Å². The fourth-order valence-electron chi connectivity index (χ4n) is 3.32. The summed E-state index contributed by atoms with van der Waals surface area (Å²) in [5, 5.41) is 4.45. The van der Waals surface area contributed by atoms with E-state index in [1.165, 1.54) is 28.8 Å². The lowest BCUT2D eigenvalue weighted by molar-refractivity contribution is -0.143. The van der Waals surface area contributed by atoms with Crippen LogP contribution < -0.4 is 10.6 Å². The number of hydrogen-bond acceptors (Lipinski definition) is 7. The van der Waals surface area contributed by atoms with Crippen molar-refractivity contribution in [3.05, 3.63) is 60.1 Å². The molecule has 1 aromatic heterocycles. The topological polar surface area (TPSA) is 135 Å². The summed E-state index contributed by atoms with van der Waals surface area (Å²) in [6.45, 7) is 0.515. The molecule has 182 valence electrons. The minimum atomic E-state index is -3.54. The molecule has 0 unspecified atom stereocenters. The molecule has 11 heteroatoms. The number of urea groups is 1. The maximum atomic E-state index is 12.8. The molecule has 2 N–H and O–H groups in total. The largest absolute Gasteiger partial charge is 0.467 e. The lowest BCUT2D eigenvalue weighted by Crippen LogP contribution is -2.41. The number of hydrogen-bond donors (Lipinski definition) is 2. The van der Waals surface area contributed by atoms with Gasteiger partial charge in [0.25, 0.3) is 5.91 Å². The Hall–Kier alpha value is -3.44. The molecule has 1 aliphatic heterocycles. The standard InChI is InChI=1S/C23H27N3O7S/c27-21(25-23(29)24-16-19-6-5-15-32-19)17-33-22(28)12-9-18-7-10-20(11-8-18)34(30,31)26-13-3-1-2-4-14-26/h5-12,15H,1-4,13-14,16-17H2,(H2,24,25,27,29). The molecule has 2 aromatic rings. The van der Waals surface area contributed by atoms with E-state index in [0.29, 0.717) is 24.4 Å². The van der Waals surface area contributed by atoms with Gasteiger partial charge in [-0.15, -0.1) is 0 Å². The van der Waals surface area contributed by atoms with Gasteiger partial charge in [-0.2, -0.15) is 4.31 Å². The van der Waals surface area contributed by atoms with Crippen LogP contribution in [-0.2, 0) is 30.9 Å². The Morgan fingerprint density at radius 2 is 1.74 bits per heavy atom. The first kappa shape index (κ1) is 25.2. The van der Waals surface area contributed by atoms with E-state index in [4.69, 9.17) is 9.15 Å². The molecule has 1 saturated heterocycles. The third-order valence-corrected chi connectivity index (χ3v) is 7.01. The van der Waals surface area contributed by atoms with E-state index >= 15 is 0 Å². The molecule has 0 spiro atoms. The summed E-state index contributed by atoms with van der Waals surface area (Å²) in [6, 6.07) is 8.76. The van der Waals surface area contributed by atoms with Gasteiger partial charge in [0.1, 0.15) is 5.76 Å². The summed E-state index contributed by atoms with van der Waals surface area (Å²) < 4.78 is 37.0. The van der Waals surface area contributed by atoms with Crippen LogP contribution >= 0.6 is 0 Å². The van der Waals surface area contributed by atoms with Crippen LogP contribution in [0.2, 0.25) is 0 Å². The van der Waals surface area contributed by atoms with Crippen LogP contribution in [0, 0.1) is 0 Å². The maximum Gasteiger partial charge on any atom is 0.331 e. The number of ether oxygens (including phenoxy) is 1. The molecular weight excluding hydrogens is 462 g/mol. The first-order valence-electron chi connectivity index (χ1n) is 10.9. The van der Waals surface area contributed by atoms with Crippen LogP contribution in [0.3, 0.4) is 0 Å². The minimum Gasteiger partial charge on any atom is -0.467 e. The lowest BCUT2D eigenvalue weighted by Gasteiger charge is -2.19. The molecule has 3 amide bonds. The third kappa shape index (κ3) is 7.56. The van der Waals surface area contributed by atoms with Gasteiger partial charge in [0.05, 0.1) is 17.7 Å². The molecule has 1 fully saturated rings. The van der Waals surface area contributed by atoms with Crippen molar-refractivity contribution in [2.24, 2.45) is 0 Å². The normalized spacial score (nSPS) is 14.9. The number of nitrogens with one attached hydrogen (secondary N) is 2. The number of amides is 3. The first-order valence-corrected chi connectivity index (χ1v) is 12.3. The average Bonchev–Trinajstić information content (AvgIpc) is 3.19. The highest BCUT2D eigenvalue weighted by Crippen LogP contribution is 2.21. The number of nitrogens with zero attached hydrogens (tertiary/aromatic N) is 1. The summed E-state index contributed by atoms with van der Waals surface area (Å²) in [5.41, 5.74) is 0.591. The predicted octanol–water partition coefficient (Wildman–Crippen LogP) is 2.43. The fourth-order valence-corrected chi connectivity index (χ4v) is 4.84. The Balaban J connectivity index is 1.43. The van der Waals surface area contributed by atoms with Crippen LogP contribution in [0.5, 0.6) is 0 Å². The second kappa shape index (κ2) is 12.1. The zero-order chi connectivity index (χ0) is 24.4. The molecule has 0 atom stereocenters. The van der Waals surface area contributed by atoms with Gasteiger partial charge in [0.2, 0.25) is 10.0 Å². The Morgan fingerprint density at radius 3 is 2.38 bits per heavy atom. The number of sulfonamides is 1. The number of rotatable bonds is 8. The SMILES string of the molecule is O=C(COC(=O)C=Cc1ccc(S(=O)(=O)N2CCCCCC2)cc1)NC(=O)NCc1ccco1. The van der Waals surface area contributed by atoms with Crippen LogP contribution in [0.25, 0.3) is 6.08 Å². The quantitative estimate of drug-likeness (QED) is 0.429. The zero-order valence-electron chi connectivity index (χ0n) is 18.6.